The van der Waals surface area contributed by atoms with Crippen LogP contribution in [0, 0.1) is 6.92 Å². The van der Waals surface area contributed by atoms with Gasteiger partial charge in [-0.2, -0.15) is 4.72 Å². The first-order valence-corrected chi connectivity index (χ1v) is 9.60. The number of aryl methyl sites for hydroxylation is 1. The molecule has 0 aliphatic heterocycles. The van der Waals surface area contributed by atoms with Crippen LogP contribution < -0.4 is 4.72 Å². The molecule has 0 saturated carbocycles. The van der Waals surface area contributed by atoms with Gasteiger partial charge in [-0.3, -0.25) is 0 Å². The Bertz CT molecular complexity index is 855. The minimum atomic E-state index is -3.55. The highest BCUT2D eigenvalue weighted by molar-refractivity contribution is 7.91. The zero-order valence-corrected chi connectivity index (χ0v) is 14.3. The van der Waals surface area contributed by atoms with Crippen molar-refractivity contribution in [3.8, 4) is 0 Å². The molecule has 0 amide bonds. The molecule has 0 radical (unpaired) electrons. The van der Waals surface area contributed by atoms with Gasteiger partial charge < -0.3 is 0 Å². The molecule has 0 bridgehead atoms. The van der Waals surface area contributed by atoms with Gasteiger partial charge in [-0.15, -0.1) is 11.3 Å². The number of hydrogen-bond donors (Lipinski definition) is 1. The van der Waals surface area contributed by atoms with Crippen LogP contribution in [0.2, 0.25) is 0 Å². The standard InChI is InChI=1S/C18H17NO2S2/c1-14-9-11-16(12-10-14)18(15-6-3-2-4-7-15)19-23(20,21)17-8-5-13-22-17/h2-13,18-19H,1H3/t18-/m1/s1. The highest BCUT2D eigenvalue weighted by Crippen LogP contribution is 2.26. The monoisotopic (exact) mass is 343 g/mol. The maximum atomic E-state index is 12.6. The predicted molar refractivity (Wildman–Crippen MR) is 94.1 cm³/mol. The van der Waals surface area contributed by atoms with Crippen LogP contribution in [0.15, 0.2) is 76.3 Å². The molecular formula is C18H17NO2S2. The third kappa shape index (κ3) is 3.69. The van der Waals surface area contributed by atoms with Crippen molar-refractivity contribution in [1.82, 2.24) is 4.72 Å². The van der Waals surface area contributed by atoms with Crippen LogP contribution in [0.3, 0.4) is 0 Å². The van der Waals surface area contributed by atoms with Gasteiger partial charge >= 0.3 is 0 Å². The molecule has 5 heteroatoms. The van der Waals surface area contributed by atoms with Crippen molar-refractivity contribution in [3.63, 3.8) is 0 Å². The number of sulfonamides is 1. The van der Waals surface area contributed by atoms with Gasteiger partial charge in [-0.05, 0) is 29.5 Å². The van der Waals surface area contributed by atoms with E-state index >= 15 is 0 Å². The second-order valence-corrected chi connectivity index (χ2v) is 8.20. The lowest BCUT2D eigenvalue weighted by molar-refractivity contribution is 0.574. The smallest absolute Gasteiger partial charge is 0.206 e. The van der Waals surface area contributed by atoms with Crippen molar-refractivity contribution in [2.24, 2.45) is 0 Å². The molecule has 0 aliphatic carbocycles. The number of thiophene rings is 1. The summed E-state index contributed by atoms with van der Waals surface area (Å²) >= 11 is 1.21. The fraction of sp³-hybridized carbons (Fsp3) is 0.111. The van der Waals surface area contributed by atoms with Gasteiger partial charge in [0.15, 0.2) is 0 Å². The minimum absolute atomic E-state index is 0.325. The summed E-state index contributed by atoms with van der Waals surface area (Å²) in [5.74, 6) is 0. The van der Waals surface area contributed by atoms with Gasteiger partial charge in [0.25, 0.3) is 10.0 Å². The molecular weight excluding hydrogens is 326 g/mol. The first-order chi connectivity index (χ1) is 11.1. The van der Waals surface area contributed by atoms with E-state index in [0.717, 1.165) is 16.7 Å². The molecule has 3 aromatic rings. The molecule has 0 unspecified atom stereocenters. The molecule has 1 heterocycles. The zero-order chi connectivity index (χ0) is 16.3. The SMILES string of the molecule is Cc1ccc([C@H](NS(=O)(=O)c2cccs2)c2ccccc2)cc1. The highest BCUT2D eigenvalue weighted by Gasteiger charge is 2.23. The first kappa shape index (κ1) is 15.9. The van der Waals surface area contributed by atoms with Gasteiger partial charge in [-0.1, -0.05) is 66.2 Å². The van der Waals surface area contributed by atoms with E-state index < -0.39 is 16.1 Å². The molecule has 118 valence electrons. The number of benzene rings is 2. The quantitative estimate of drug-likeness (QED) is 0.757. The Morgan fingerprint density at radius 2 is 1.52 bits per heavy atom. The van der Waals surface area contributed by atoms with Gasteiger partial charge in [0.05, 0.1) is 6.04 Å². The van der Waals surface area contributed by atoms with Crippen LogP contribution in [-0.2, 0) is 10.0 Å². The van der Waals surface area contributed by atoms with Crippen LogP contribution >= 0.6 is 11.3 Å². The second kappa shape index (κ2) is 6.66. The average molecular weight is 343 g/mol. The summed E-state index contributed by atoms with van der Waals surface area (Å²) in [6, 6.07) is 20.5. The van der Waals surface area contributed by atoms with Crippen molar-refractivity contribution in [1.29, 1.82) is 0 Å². The van der Waals surface area contributed by atoms with Crippen LogP contribution in [0.4, 0.5) is 0 Å². The van der Waals surface area contributed by atoms with E-state index in [1.54, 1.807) is 17.5 Å². The molecule has 2 aromatic carbocycles. The first-order valence-electron chi connectivity index (χ1n) is 7.23. The van der Waals surface area contributed by atoms with Crippen LogP contribution in [0.5, 0.6) is 0 Å². The van der Waals surface area contributed by atoms with Crippen LogP contribution in [-0.4, -0.2) is 8.42 Å². The third-order valence-corrected chi connectivity index (χ3v) is 6.40. The topological polar surface area (TPSA) is 46.2 Å². The summed E-state index contributed by atoms with van der Waals surface area (Å²) in [5.41, 5.74) is 2.97. The van der Waals surface area contributed by atoms with Crippen molar-refractivity contribution in [3.05, 3.63) is 88.8 Å². The molecule has 3 nitrogen and oxygen atoms in total. The largest absolute Gasteiger partial charge is 0.250 e. The molecule has 1 atom stereocenters. The Balaban J connectivity index is 2.01. The van der Waals surface area contributed by atoms with Gasteiger partial charge in [0.1, 0.15) is 4.21 Å². The van der Waals surface area contributed by atoms with Crippen LogP contribution in [0.25, 0.3) is 0 Å². The molecule has 0 spiro atoms. The van der Waals surface area contributed by atoms with Crippen molar-refractivity contribution >= 4 is 21.4 Å². The molecule has 0 saturated heterocycles. The normalized spacial score (nSPS) is 12.9. The molecule has 23 heavy (non-hydrogen) atoms. The molecule has 0 aliphatic rings. The average Bonchev–Trinajstić information content (AvgIpc) is 3.10. The fourth-order valence-corrected chi connectivity index (χ4v) is 4.59. The summed E-state index contributed by atoms with van der Waals surface area (Å²) in [6.07, 6.45) is 0. The zero-order valence-electron chi connectivity index (χ0n) is 12.6. The Labute approximate surface area is 140 Å². The summed E-state index contributed by atoms with van der Waals surface area (Å²) in [6.45, 7) is 2.01. The third-order valence-electron chi connectivity index (χ3n) is 3.58. The Morgan fingerprint density at radius 3 is 2.13 bits per heavy atom. The molecule has 1 N–H and O–H groups in total. The highest BCUT2D eigenvalue weighted by atomic mass is 32.2. The van der Waals surface area contributed by atoms with E-state index in [2.05, 4.69) is 4.72 Å². The summed E-state index contributed by atoms with van der Waals surface area (Å²) < 4.78 is 28.4. The second-order valence-electron chi connectivity index (χ2n) is 5.31. The Morgan fingerprint density at radius 1 is 0.870 bits per heavy atom. The predicted octanol–water partition coefficient (Wildman–Crippen LogP) is 4.12. The van der Waals surface area contributed by atoms with Crippen molar-refractivity contribution in [2.45, 2.75) is 17.2 Å². The van der Waals surface area contributed by atoms with E-state index in [1.807, 2.05) is 61.5 Å². The lowest BCUT2D eigenvalue weighted by Gasteiger charge is -2.19. The maximum absolute atomic E-state index is 12.6. The number of rotatable bonds is 5. The lowest BCUT2D eigenvalue weighted by Crippen LogP contribution is -2.29. The van der Waals surface area contributed by atoms with E-state index in [4.69, 9.17) is 0 Å². The van der Waals surface area contributed by atoms with Gasteiger partial charge in [0, 0.05) is 0 Å². The Kier molecular flexibility index (Phi) is 4.61. The molecule has 3 rings (SSSR count). The van der Waals surface area contributed by atoms with E-state index in [0.29, 0.717) is 4.21 Å². The van der Waals surface area contributed by atoms with Crippen molar-refractivity contribution in [2.75, 3.05) is 0 Å². The lowest BCUT2D eigenvalue weighted by atomic mass is 9.99. The van der Waals surface area contributed by atoms with Crippen molar-refractivity contribution < 1.29 is 8.42 Å². The van der Waals surface area contributed by atoms with E-state index in [-0.39, 0.29) is 0 Å². The molecule has 0 fully saturated rings. The van der Waals surface area contributed by atoms with Gasteiger partial charge in [-0.25, -0.2) is 8.42 Å². The van der Waals surface area contributed by atoms with E-state index in [9.17, 15) is 8.42 Å². The number of nitrogens with one attached hydrogen (secondary N) is 1. The number of hydrogen-bond acceptors (Lipinski definition) is 3. The Hall–Kier alpha value is -1.95. The summed E-state index contributed by atoms with van der Waals surface area (Å²) in [7, 11) is -3.55. The summed E-state index contributed by atoms with van der Waals surface area (Å²) in [4.78, 5) is 0. The summed E-state index contributed by atoms with van der Waals surface area (Å²) in [5, 5.41) is 1.76. The molecule has 1 aromatic heterocycles. The maximum Gasteiger partial charge on any atom is 0.250 e. The van der Waals surface area contributed by atoms with Crippen LogP contribution in [0.1, 0.15) is 22.7 Å². The van der Waals surface area contributed by atoms with Gasteiger partial charge in [0.2, 0.25) is 0 Å². The fourth-order valence-electron chi connectivity index (χ4n) is 2.36. The van der Waals surface area contributed by atoms with E-state index in [1.165, 1.54) is 11.3 Å². The minimum Gasteiger partial charge on any atom is -0.206 e.